The molecule has 2 amide bonds. The highest BCUT2D eigenvalue weighted by Crippen LogP contribution is 2.51. The Morgan fingerprint density at radius 3 is 2.36 bits per heavy atom. The third-order valence-electron chi connectivity index (χ3n) is 7.57. The molecule has 204 valence electrons. The number of nitrogens with one attached hydrogen (secondary N) is 1. The Morgan fingerprint density at radius 1 is 0.949 bits per heavy atom. The second-order valence-electron chi connectivity index (χ2n) is 9.95. The molecule has 11 heteroatoms. The van der Waals surface area contributed by atoms with E-state index >= 15 is 0 Å². The van der Waals surface area contributed by atoms with Crippen LogP contribution in [0.5, 0.6) is 11.5 Å². The van der Waals surface area contributed by atoms with Crippen LogP contribution in [-0.2, 0) is 25.0 Å². The van der Waals surface area contributed by atoms with Gasteiger partial charge in [0.1, 0.15) is 5.82 Å². The first-order valence-corrected chi connectivity index (χ1v) is 14.3. The standard InChI is InChI=1S/C28H28N4O6S.H2/c1-19(33)31-13-15-32(16-14-31)39(35,36)22-8-5-20(6-9-22)23-3-2-4-26(29-23)30-27(34)28(11-12-28)21-7-10-24-25(17-21)38-18-37-24;/h2-10,17H,11-16,18H2,1H3,(H,29,30,34);1H. The molecule has 0 spiro atoms. The average molecular weight is 551 g/mol. The van der Waals surface area contributed by atoms with Gasteiger partial charge in [-0.3, -0.25) is 9.59 Å². The van der Waals surface area contributed by atoms with Gasteiger partial charge in [-0.25, -0.2) is 13.4 Å². The molecule has 3 aliphatic rings. The van der Waals surface area contributed by atoms with Gasteiger partial charge in [-0.05, 0) is 54.8 Å². The van der Waals surface area contributed by atoms with Crippen LogP contribution in [0, 0.1) is 0 Å². The highest BCUT2D eigenvalue weighted by Gasteiger charge is 2.51. The zero-order chi connectivity index (χ0) is 27.2. The van der Waals surface area contributed by atoms with Gasteiger partial charge in [0.05, 0.1) is 16.0 Å². The number of amides is 2. The molecule has 0 atom stereocenters. The third kappa shape index (κ3) is 4.72. The lowest BCUT2D eigenvalue weighted by Crippen LogP contribution is -2.49. The molecule has 3 heterocycles. The van der Waals surface area contributed by atoms with Crippen molar-refractivity contribution in [2.75, 3.05) is 38.3 Å². The fourth-order valence-electron chi connectivity index (χ4n) is 5.06. The number of benzene rings is 2. The topological polar surface area (TPSA) is 118 Å². The summed E-state index contributed by atoms with van der Waals surface area (Å²) < 4.78 is 38.5. The molecule has 6 rings (SSSR count). The quantitative estimate of drug-likeness (QED) is 0.501. The first-order chi connectivity index (χ1) is 18.8. The Labute approximate surface area is 228 Å². The number of nitrogens with zero attached hydrogens (tertiary/aromatic N) is 3. The van der Waals surface area contributed by atoms with Crippen molar-refractivity contribution in [3.05, 3.63) is 66.2 Å². The molecule has 1 saturated heterocycles. The van der Waals surface area contributed by atoms with Crippen LogP contribution in [-0.4, -0.2) is 67.4 Å². The van der Waals surface area contributed by atoms with Crippen molar-refractivity contribution < 1.29 is 28.9 Å². The van der Waals surface area contributed by atoms with Crippen molar-refractivity contribution in [1.82, 2.24) is 14.2 Å². The predicted molar refractivity (Wildman–Crippen MR) is 145 cm³/mol. The van der Waals surface area contributed by atoms with E-state index in [1.54, 1.807) is 41.3 Å². The van der Waals surface area contributed by atoms with Crippen LogP contribution < -0.4 is 14.8 Å². The molecule has 0 radical (unpaired) electrons. The molecule has 1 aliphatic carbocycles. The van der Waals surface area contributed by atoms with E-state index in [-0.39, 0.29) is 38.0 Å². The number of anilines is 1. The number of carbonyl (C=O) groups excluding carboxylic acids is 2. The zero-order valence-corrected chi connectivity index (χ0v) is 22.2. The second-order valence-corrected chi connectivity index (χ2v) is 11.9. The Bertz CT molecular complexity index is 1550. The Hall–Kier alpha value is -3.96. The lowest BCUT2D eigenvalue weighted by molar-refractivity contribution is -0.130. The number of piperazine rings is 1. The molecule has 2 aliphatic heterocycles. The van der Waals surface area contributed by atoms with Crippen LogP contribution in [0.4, 0.5) is 5.82 Å². The third-order valence-corrected chi connectivity index (χ3v) is 9.49. The number of ether oxygens (including phenoxy) is 2. The summed E-state index contributed by atoms with van der Waals surface area (Å²) in [6, 6.07) is 17.5. The summed E-state index contributed by atoms with van der Waals surface area (Å²) in [5.74, 6) is 1.57. The van der Waals surface area contributed by atoms with Crippen molar-refractivity contribution in [2.45, 2.75) is 30.1 Å². The van der Waals surface area contributed by atoms with Crippen LogP contribution >= 0.6 is 0 Å². The van der Waals surface area contributed by atoms with Gasteiger partial charge in [0, 0.05) is 40.1 Å². The molecule has 1 saturated carbocycles. The van der Waals surface area contributed by atoms with Crippen LogP contribution in [0.1, 0.15) is 26.8 Å². The van der Waals surface area contributed by atoms with Gasteiger partial charge in [-0.2, -0.15) is 4.31 Å². The molecule has 0 bridgehead atoms. The number of hydrogen-bond acceptors (Lipinski definition) is 7. The Kier molecular flexibility index (Phi) is 6.27. The first-order valence-electron chi connectivity index (χ1n) is 12.8. The van der Waals surface area contributed by atoms with E-state index in [1.807, 2.05) is 24.3 Å². The van der Waals surface area contributed by atoms with Gasteiger partial charge in [-0.1, -0.05) is 24.3 Å². The molecule has 0 unspecified atom stereocenters. The largest absolute Gasteiger partial charge is 0.454 e. The van der Waals surface area contributed by atoms with Crippen molar-refractivity contribution in [3.8, 4) is 22.8 Å². The summed E-state index contributed by atoms with van der Waals surface area (Å²) in [5, 5.41) is 2.96. The van der Waals surface area contributed by atoms with Gasteiger partial charge in [0.2, 0.25) is 28.6 Å². The van der Waals surface area contributed by atoms with Crippen molar-refractivity contribution in [1.29, 1.82) is 0 Å². The maximum atomic E-state index is 13.3. The van der Waals surface area contributed by atoms with E-state index in [9.17, 15) is 18.0 Å². The zero-order valence-electron chi connectivity index (χ0n) is 21.4. The number of sulfonamides is 1. The van der Waals surface area contributed by atoms with E-state index in [4.69, 9.17) is 9.47 Å². The van der Waals surface area contributed by atoms with E-state index in [1.165, 1.54) is 11.2 Å². The SMILES string of the molecule is CC(=O)N1CCN(S(=O)(=O)c2ccc(-c3cccc(NC(=O)C4(c5ccc6c(c5)OCO6)CC4)n3)cc2)CC1.[HH]. The second kappa shape index (κ2) is 9.65. The van der Waals surface area contributed by atoms with Crippen LogP contribution in [0.2, 0.25) is 0 Å². The summed E-state index contributed by atoms with van der Waals surface area (Å²) in [7, 11) is -3.67. The lowest BCUT2D eigenvalue weighted by atomic mass is 9.94. The van der Waals surface area contributed by atoms with Crippen molar-refractivity contribution in [2.24, 2.45) is 0 Å². The molecule has 10 nitrogen and oxygen atoms in total. The molecule has 3 aromatic rings. The fourth-order valence-corrected chi connectivity index (χ4v) is 6.48. The van der Waals surface area contributed by atoms with E-state index in [0.29, 0.717) is 36.1 Å². The average Bonchev–Trinajstić information content (AvgIpc) is 3.64. The van der Waals surface area contributed by atoms with Gasteiger partial charge in [0.25, 0.3) is 0 Å². The number of hydrogen-bond donors (Lipinski definition) is 1. The highest BCUT2D eigenvalue weighted by molar-refractivity contribution is 7.89. The lowest BCUT2D eigenvalue weighted by Gasteiger charge is -2.33. The minimum Gasteiger partial charge on any atom is -0.454 e. The number of carbonyl (C=O) groups is 2. The van der Waals surface area contributed by atoms with Crippen LogP contribution in [0.25, 0.3) is 11.3 Å². The van der Waals surface area contributed by atoms with Gasteiger partial charge >= 0.3 is 0 Å². The summed E-state index contributed by atoms with van der Waals surface area (Å²) >= 11 is 0. The van der Waals surface area contributed by atoms with Crippen molar-refractivity contribution >= 4 is 27.7 Å². The maximum Gasteiger partial charge on any atom is 0.243 e. The normalized spacial score (nSPS) is 18.0. The number of rotatable bonds is 6. The van der Waals surface area contributed by atoms with Crippen molar-refractivity contribution in [3.63, 3.8) is 0 Å². The van der Waals surface area contributed by atoms with E-state index in [2.05, 4.69) is 10.3 Å². The number of fused-ring (bicyclic) bond motifs is 1. The first kappa shape index (κ1) is 25.3. The smallest absolute Gasteiger partial charge is 0.243 e. The predicted octanol–water partition coefficient (Wildman–Crippen LogP) is 3.25. The molecular formula is C28H30N4O6S. The summed E-state index contributed by atoms with van der Waals surface area (Å²) in [6.45, 7) is 2.96. The maximum absolute atomic E-state index is 13.3. The molecule has 2 fully saturated rings. The van der Waals surface area contributed by atoms with Gasteiger partial charge in [0.15, 0.2) is 11.5 Å². The molecule has 2 aromatic carbocycles. The van der Waals surface area contributed by atoms with E-state index < -0.39 is 15.4 Å². The number of aromatic nitrogens is 1. The molecule has 1 N–H and O–H groups in total. The van der Waals surface area contributed by atoms with Gasteiger partial charge in [-0.15, -0.1) is 0 Å². The Morgan fingerprint density at radius 2 is 1.67 bits per heavy atom. The summed E-state index contributed by atoms with van der Waals surface area (Å²) in [6.07, 6.45) is 1.47. The minimum absolute atomic E-state index is 0. The highest BCUT2D eigenvalue weighted by atomic mass is 32.2. The molecule has 39 heavy (non-hydrogen) atoms. The monoisotopic (exact) mass is 550 g/mol. The summed E-state index contributed by atoms with van der Waals surface area (Å²) in [4.78, 5) is 31.3. The molecule has 1 aromatic heterocycles. The summed E-state index contributed by atoms with van der Waals surface area (Å²) in [5.41, 5.74) is 1.60. The molecular weight excluding hydrogens is 520 g/mol. The Balaban J connectivity index is 0.00000323. The van der Waals surface area contributed by atoms with Crippen LogP contribution in [0.15, 0.2) is 65.6 Å². The van der Waals surface area contributed by atoms with Gasteiger partial charge < -0.3 is 19.7 Å². The minimum atomic E-state index is -3.67. The fraction of sp³-hybridized carbons (Fsp3) is 0.321. The van der Waals surface area contributed by atoms with Crippen LogP contribution in [0.3, 0.4) is 0 Å². The number of pyridine rings is 1. The van der Waals surface area contributed by atoms with E-state index in [0.717, 1.165) is 24.0 Å².